The lowest BCUT2D eigenvalue weighted by atomic mass is 9.92. The number of carbonyl (C=O) groups excluding carboxylic acids is 1. The fourth-order valence-electron chi connectivity index (χ4n) is 1.04. The minimum Gasteiger partial charge on any atom is -0.329 e. The topological polar surface area (TPSA) is 55.1 Å². The van der Waals surface area contributed by atoms with Crippen molar-refractivity contribution in [3.05, 3.63) is 27.2 Å². The highest BCUT2D eigenvalue weighted by Crippen LogP contribution is 2.34. The summed E-state index contributed by atoms with van der Waals surface area (Å²) in [4.78, 5) is 11.9. The largest absolute Gasteiger partial charge is 0.329 e. The zero-order valence-electron chi connectivity index (χ0n) is 9.48. The monoisotopic (exact) mass is 294 g/mol. The maximum atomic E-state index is 11.9. The van der Waals surface area contributed by atoms with E-state index in [2.05, 4.69) is 5.32 Å². The Kier molecular flexibility index (Phi) is 4.67. The highest BCUT2D eigenvalue weighted by Gasteiger charge is 2.27. The van der Waals surface area contributed by atoms with Crippen molar-refractivity contribution in [3.8, 4) is 0 Å². The second-order valence-electron chi connectivity index (χ2n) is 4.29. The van der Waals surface area contributed by atoms with Gasteiger partial charge in [0.25, 0.3) is 0 Å². The van der Waals surface area contributed by atoms with Crippen LogP contribution in [0.1, 0.15) is 13.8 Å². The summed E-state index contributed by atoms with van der Waals surface area (Å²) in [6.45, 7) is 3.70. The molecule has 0 bridgehead atoms. The lowest BCUT2D eigenvalue weighted by Crippen LogP contribution is -2.37. The number of nitrogens with two attached hydrogens (primary N) is 1. The molecule has 0 heterocycles. The molecule has 1 aromatic carbocycles. The summed E-state index contributed by atoms with van der Waals surface area (Å²) in [5.74, 6) is -0.244. The van der Waals surface area contributed by atoms with Crippen LogP contribution < -0.4 is 11.1 Å². The van der Waals surface area contributed by atoms with Crippen LogP contribution >= 0.6 is 34.8 Å². The van der Waals surface area contributed by atoms with Crippen molar-refractivity contribution >= 4 is 46.4 Å². The van der Waals surface area contributed by atoms with E-state index in [9.17, 15) is 4.79 Å². The van der Waals surface area contributed by atoms with Crippen molar-refractivity contribution < 1.29 is 4.79 Å². The number of halogens is 3. The molecule has 3 nitrogen and oxygen atoms in total. The molecule has 0 aliphatic heterocycles. The summed E-state index contributed by atoms with van der Waals surface area (Å²) in [5, 5.41) is 3.66. The van der Waals surface area contributed by atoms with Crippen molar-refractivity contribution in [1.82, 2.24) is 0 Å². The Morgan fingerprint density at radius 1 is 1.29 bits per heavy atom. The van der Waals surface area contributed by atoms with Crippen LogP contribution in [0.15, 0.2) is 12.1 Å². The van der Waals surface area contributed by atoms with Crippen LogP contribution in [0.3, 0.4) is 0 Å². The molecule has 0 fully saturated rings. The second-order valence-corrected chi connectivity index (χ2v) is 5.54. The van der Waals surface area contributed by atoms with Crippen LogP contribution in [0.2, 0.25) is 15.1 Å². The van der Waals surface area contributed by atoms with Gasteiger partial charge in [-0.2, -0.15) is 0 Å². The van der Waals surface area contributed by atoms with Crippen molar-refractivity contribution in [2.24, 2.45) is 11.1 Å². The molecule has 0 radical (unpaired) electrons. The summed E-state index contributed by atoms with van der Waals surface area (Å²) >= 11 is 17.7. The third-order valence-electron chi connectivity index (χ3n) is 2.37. The standard InChI is InChI=1S/C11H13Cl3N2O/c1-11(2,5-15)10(17)16-9-7(13)3-6(12)4-8(9)14/h3-4H,5,15H2,1-2H3,(H,16,17). The average molecular weight is 296 g/mol. The Morgan fingerprint density at radius 2 is 1.76 bits per heavy atom. The Balaban J connectivity index is 3.01. The molecule has 0 aliphatic carbocycles. The first kappa shape index (κ1) is 14.6. The van der Waals surface area contributed by atoms with E-state index < -0.39 is 5.41 Å². The number of carbonyl (C=O) groups is 1. The van der Waals surface area contributed by atoms with E-state index in [1.165, 1.54) is 12.1 Å². The maximum absolute atomic E-state index is 11.9. The third kappa shape index (κ3) is 3.49. The lowest BCUT2D eigenvalue weighted by Gasteiger charge is -2.22. The zero-order chi connectivity index (χ0) is 13.2. The Labute approximate surface area is 115 Å². The van der Waals surface area contributed by atoms with Crippen LogP contribution in [-0.2, 0) is 4.79 Å². The fraction of sp³-hybridized carbons (Fsp3) is 0.364. The summed E-state index contributed by atoms with van der Waals surface area (Å²) < 4.78 is 0. The number of anilines is 1. The van der Waals surface area contributed by atoms with Gasteiger partial charge in [-0.15, -0.1) is 0 Å². The molecule has 94 valence electrons. The van der Waals surface area contributed by atoms with Crippen molar-refractivity contribution in [2.75, 3.05) is 11.9 Å². The number of hydrogen-bond donors (Lipinski definition) is 2. The molecule has 0 atom stereocenters. The average Bonchev–Trinajstić information content (AvgIpc) is 2.22. The molecule has 6 heteroatoms. The Morgan fingerprint density at radius 3 is 2.18 bits per heavy atom. The smallest absolute Gasteiger partial charge is 0.231 e. The number of rotatable bonds is 3. The highest BCUT2D eigenvalue weighted by atomic mass is 35.5. The molecule has 0 saturated heterocycles. The number of hydrogen-bond acceptors (Lipinski definition) is 2. The molecule has 0 saturated carbocycles. The summed E-state index contributed by atoms with van der Waals surface area (Å²) in [6.07, 6.45) is 0. The minimum atomic E-state index is -0.688. The van der Waals surface area contributed by atoms with E-state index >= 15 is 0 Å². The first-order chi connectivity index (χ1) is 7.77. The van der Waals surface area contributed by atoms with Gasteiger partial charge < -0.3 is 11.1 Å². The van der Waals surface area contributed by atoms with Crippen molar-refractivity contribution in [1.29, 1.82) is 0 Å². The summed E-state index contributed by atoms with van der Waals surface area (Å²) in [5.41, 5.74) is 5.18. The molecular weight excluding hydrogens is 282 g/mol. The normalized spacial score (nSPS) is 11.4. The minimum absolute atomic E-state index is 0.224. The molecule has 0 spiro atoms. The van der Waals surface area contributed by atoms with E-state index in [0.717, 1.165) is 0 Å². The lowest BCUT2D eigenvalue weighted by molar-refractivity contribution is -0.123. The first-order valence-electron chi connectivity index (χ1n) is 4.94. The molecule has 1 amide bonds. The van der Waals surface area contributed by atoms with Crippen LogP contribution in [0, 0.1) is 5.41 Å². The van der Waals surface area contributed by atoms with Crippen LogP contribution in [-0.4, -0.2) is 12.5 Å². The van der Waals surface area contributed by atoms with E-state index in [1.807, 2.05) is 0 Å². The van der Waals surface area contributed by atoms with Gasteiger partial charge in [0.05, 0.1) is 21.1 Å². The van der Waals surface area contributed by atoms with Gasteiger partial charge in [-0.05, 0) is 26.0 Å². The molecule has 17 heavy (non-hydrogen) atoms. The van der Waals surface area contributed by atoms with Gasteiger partial charge in [-0.1, -0.05) is 34.8 Å². The molecule has 0 aliphatic rings. The van der Waals surface area contributed by atoms with Gasteiger partial charge in [-0.25, -0.2) is 0 Å². The third-order valence-corrected chi connectivity index (χ3v) is 3.18. The maximum Gasteiger partial charge on any atom is 0.231 e. The number of nitrogens with one attached hydrogen (secondary N) is 1. The Bertz CT molecular complexity index is 423. The molecule has 0 aromatic heterocycles. The number of amides is 1. The quantitative estimate of drug-likeness (QED) is 0.895. The van der Waals surface area contributed by atoms with E-state index in [0.29, 0.717) is 20.8 Å². The molecule has 1 rings (SSSR count). The molecule has 3 N–H and O–H groups in total. The van der Waals surface area contributed by atoms with Gasteiger partial charge in [0, 0.05) is 11.6 Å². The van der Waals surface area contributed by atoms with E-state index in [4.69, 9.17) is 40.5 Å². The van der Waals surface area contributed by atoms with Gasteiger partial charge >= 0.3 is 0 Å². The zero-order valence-corrected chi connectivity index (χ0v) is 11.7. The Hall–Kier alpha value is -0.480. The van der Waals surface area contributed by atoms with Crippen molar-refractivity contribution in [3.63, 3.8) is 0 Å². The second kappa shape index (κ2) is 5.44. The fourth-order valence-corrected chi connectivity index (χ4v) is 1.95. The van der Waals surface area contributed by atoms with Gasteiger partial charge in [-0.3, -0.25) is 4.79 Å². The summed E-state index contributed by atoms with van der Waals surface area (Å²) in [6, 6.07) is 3.03. The molecule has 1 aromatic rings. The van der Waals surface area contributed by atoms with Crippen molar-refractivity contribution in [2.45, 2.75) is 13.8 Å². The van der Waals surface area contributed by atoms with E-state index in [-0.39, 0.29) is 12.5 Å². The molecular formula is C11H13Cl3N2O. The highest BCUT2D eigenvalue weighted by molar-refractivity contribution is 6.42. The van der Waals surface area contributed by atoms with Crippen LogP contribution in [0.25, 0.3) is 0 Å². The predicted molar refractivity (Wildman–Crippen MR) is 72.9 cm³/mol. The molecule has 0 unspecified atom stereocenters. The van der Waals surface area contributed by atoms with E-state index in [1.54, 1.807) is 13.8 Å². The van der Waals surface area contributed by atoms with Crippen LogP contribution in [0.5, 0.6) is 0 Å². The SMILES string of the molecule is CC(C)(CN)C(=O)Nc1c(Cl)cc(Cl)cc1Cl. The first-order valence-corrected chi connectivity index (χ1v) is 6.07. The van der Waals surface area contributed by atoms with Gasteiger partial charge in [0.1, 0.15) is 0 Å². The number of benzene rings is 1. The van der Waals surface area contributed by atoms with Gasteiger partial charge in [0.15, 0.2) is 0 Å². The van der Waals surface area contributed by atoms with Gasteiger partial charge in [0.2, 0.25) is 5.91 Å². The predicted octanol–water partition coefficient (Wildman–Crippen LogP) is 3.57. The summed E-state index contributed by atoms with van der Waals surface area (Å²) in [7, 11) is 0. The van der Waals surface area contributed by atoms with Crippen LogP contribution in [0.4, 0.5) is 5.69 Å².